The van der Waals surface area contributed by atoms with E-state index in [4.69, 9.17) is 4.74 Å². The fraction of sp³-hybridized carbons (Fsp3) is 0.357. The summed E-state index contributed by atoms with van der Waals surface area (Å²) in [7, 11) is -3.70. The normalized spacial score (nSPS) is 16.0. The summed E-state index contributed by atoms with van der Waals surface area (Å²) in [4.78, 5) is 12.2. The summed E-state index contributed by atoms with van der Waals surface area (Å²) >= 11 is 0.836. The number of aromatic nitrogens is 2. The lowest BCUT2D eigenvalue weighted by Crippen LogP contribution is -2.40. The molecule has 0 aliphatic carbocycles. The summed E-state index contributed by atoms with van der Waals surface area (Å²) in [6.45, 7) is 3.17. The van der Waals surface area contributed by atoms with Gasteiger partial charge < -0.3 is 4.74 Å². The number of carbonyl (C=O) groups excluding carboxylic acids is 1. The molecule has 1 aromatic heterocycles. The van der Waals surface area contributed by atoms with Gasteiger partial charge in [-0.05, 0) is 19.1 Å². The van der Waals surface area contributed by atoms with Crippen molar-refractivity contribution < 1.29 is 17.9 Å². The average molecular weight is 368 g/mol. The third kappa shape index (κ3) is 3.61. The van der Waals surface area contributed by atoms with E-state index >= 15 is 0 Å². The molecule has 0 atom stereocenters. The predicted octanol–water partition coefficient (Wildman–Crippen LogP) is 1.12. The fourth-order valence-electron chi connectivity index (χ4n) is 2.22. The Morgan fingerprint density at radius 1 is 1.29 bits per heavy atom. The van der Waals surface area contributed by atoms with E-state index in [-0.39, 0.29) is 28.5 Å². The summed E-state index contributed by atoms with van der Waals surface area (Å²) in [5.74, 6) is -0.356. The van der Waals surface area contributed by atoms with Crippen molar-refractivity contribution in [1.82, 2.24) is 14.5 Å². The molecule has 2 heterocycles. The number of rotatable bonds is 4. The predicted molar refractivity (Wildman–Crippen MR) is 88.6 cm³/mol. The smallest absolute Gasteiger partial charge is 0.272 e. The van der Waals surface area contributed by atoms with Gasteiger partial charge in [0.05, 0.1) is 13.2 Å². The number of morpholine rings is 1. The molecule has 1 aromatic carbocycles. The molecule has 1 saturated heterocycles. The Kier molecular flexibility index (Phi) is 4.90. The molecule has 1 N–H and O–H groups in total. The lowest BCUT2D eigenvalue weighted by molar-refractivity contribution is 0.0730. The first-order valence-corrected chi connectivity index (χ1v) is 9.52. The summed E-state index contributed by atoms with van der Waals surface area (Å²) in [5, 5.41) is 10.2. The van der Waals surface area contributed by atoms with Crippen LogP contribution in [0.2, 0.25) is 0 Å². The molecule has 0 saturated carbocycles. The number of nitrogens with zero attached hydrogens (tertiary/aromatic N) is 3. The van der Waals surface area contributed by atoms with Gasteiger partial charge >= 0.3 is 0 Å². The topological polar surface area (TPSA) is 101 Å². The minimum absolute atomic E-state index is 0.135. The zero-order valence-electron chi connectivity index (χ0n) is 12.9. The second kappa shape index (κ2) is 6.93. The minimum Gasteiger partial charge on any atom is -0.379 e. The molecule has 8 nitrogen and oxygen atoms in total. The number of hydrogen-bond donors (Lipinski definition) is 1. The van der Waals surface area contributed by atoms with Gasteiger partial charge in [-0.15, -0.1) is 10.2 Å². The van der Waals surface area contributed by atoms with Crippen LogP contribution < -0.4 is 5.32 Å². The quantitative estimate of drug-likeness (QED) is 0.812. The SMILES string of the molecule is Cc1cccc(C(=O)Nc2nnc(S(=O)(=O)N3CCOCC3)s2)c1. The highest BCUT2D eigenvalue weighted by Gasteiger charge is 2.30. The third-order valence-electron chi connectivity index (χ3n) is 3.44. The zero-order chi connectivity index (χ0) is 17.2. The van der Waals surface area contributed by atoms with Crippen molar-refractivity contribution in [2.45, 2.75) is 11.3 Å². The number of ether oxygens (including phenoxy) is 1. The van der Waals surface area contributed by atoms with E-state index in [0.717, 1.165) is 16.9 Å². The molecular formula is C14H16N4O4S2. The standard InChI is InChI=1S/C14H16N4O4S2/c1-10-3-2-4-11(9-10)12(19)15-13-16-17-14(23-13)24(20,21)18-5-7-22-8-6-18/h2-4,9H,5-8H2,1H3,(H,15,16,19). The van der Waals surface area contributed by atoms with Gasteiger partial charge in [0.1, 0.15) is 0 Å². The van der Waals surface area contributed by atoms with Gasteiger partial charge in [-0.2, -0.15) is 4.31 Å². The van der Waals surface area contributed by atoms with E-state index in [9.17, 15) is 13.2 Å². The number of nitrogens with one attached hydrogen (secondary N) is 1. The van der Waals surface area contributed by atoms with Crippen molar-refractivity contribution in [3.63, 3.8) is 0 Å². The van der Waals surface area contributed by atoms with Crippen LogP contribution in [0, 0.1) is 6.92 Å². The number of hydrogen-bond acceptors (Lipinski definition) is 7. The second-order valence-corrected chi connectivity index (χ2v) is 8.30. The van der Waals surface area contributed by atoms with Crippen molar-refractivity contribution >= 4 is 32.4 Å². The van der Waals surface area contributed by atoms with Gasteiger partial charge in [-0.25, -0.2) is 8.42 Å². The zero-order valence-corrected chi connectivity index (χ0v) is 14.6. The van der Waals surface area contributed by atoms with Crippen LogP contribution in [0.15, 0.2) is 28.6 Å². The van der Waals surface area contributed by atoms with Crippen molar-refractivity contribution in [2.24, 2.45) is 0 Å². The van der Waals surface area contributed by atoms with Gasteiger partial charge in [0.25, 0.3) is 15.9 Å². The Balaban J connectivity index is 1.74. The first kappa shape index (κ1) is 17.0. The minimum atomic E-state index is -3.70. The molecule has 1 aliphatic rings. The monoisotopic (exact) mass is 368 g/mol. The van der Waals surface area contributed by atoms with Crippen LogP contribution in [0.1, 0.15) is 15.9 Å². The maximum absolute atomic E-state index is 12.5. The van der Waals surface area contributed by atoms with Gasteiger partial charge in [0, 0.05) is 18.7 Å². The lowest BCUT2D eigenvalue weighted by atomic mass is 10.1. The molecule has 128 valence electrons. The van der Waals surface area contributed by atoms with Gasteiger partial charge in [0.15, 0.2) is 0 Å². The maximum atomic E-state index is 12.5. The van der Waals surface area contributed by atoms with Crippen molar-refractivity contribution in [3.8, 4) is 0 Å². The molecular weight excluding hydrogens is 352 g/mol. The number of sulfonamides is 1. The second-order valence-electron chi connectivity index (χ2n) is 5.21. The molecule has 0 radical (unpaired) electrons. The van der Waals surface area contributed by atoms with Crippen LogP contribution >= 0.6 is 11.3 Å². The highest BCUT2D eigenvalue weighted by atomic mass is 32.2. The Morgan fingerprint density at radius 3 is 2.75 bits per heavy atom. The average Bonchev–Trinajstić information content (AvgIpc) is 3.05. The maximum Gasteiger partial charge on any atom is 0.272 e. The van der Waals surface area contributed by atoms with Crippen molar-refractivity contribution in [2.75, 3.05) is 31.6 Å². The summed E-state index contributed by atoms with van der Waals surface area (Å²) < 4.78 is 31.3. The Morgan fingerprint density at radius 2 is 2.04 bits per heavy atom. The van der Waals surface area contributed by atoms with Crippen LogP contribution in [0.3, 0.4) is 0 Å². The number of carbonyl (C=O) groups is 1. The number of amides is 1. The Hall–Kier alpha value is -1.88. The number of aryl methyl sites for hydroxylation is 1. The van der Waals surface area contributed by atoms with Crippen molar-refractivity contribution in [3.05, 3.63) is 35.4 Å². The van der Waals surface area contributed by atoms with Crippen LogP contribution in [0.4, 0.5) is 5.13 Å². The van der Waals surface area contributed by atoms with E-state index in [2.05, 4.69) is 15.5 Å². The van der Waals surface area contributed by atoms with Crippen LogP contribution in [-0.4, -0.2) is 55.1 Å². The van der Waals surface area contributed by atoms with Crippen molar-refractivity contribution in [1.29, 1.82) is 0 Å². The molecule has 0 bridgehead atoms. The number of anilines is 1. The largest absolute Gasteiger partial charge is 0.379 e. The Bertz CT molecular complexity index is 844. The molecule has 0 unspecified atom stereocenters. The van der Waals surface area contributed by atoms with E-state index in [1.807, 2.05) is 13.0 Å². The summed E-state index contributed by atoms with van der Waals surface area (Å²) in [6, 6.07) is 7.07. The molecule has 3 rings (SSSR count). The molecule has 24 heavy (non-hydrogen) atoms. The highest BCUT2D eigenvalue weighted by Crippen LogP contribution is 2.24. The van der Waals surface area contributed by atoms with Crippen LogP contribution in [0.25, 0.3) is 0 Å². The van der Waals surface area contributed by atoms with Crippen LogP contribution in [-0.2, 0) is 14.8 Å². The summed E-state index contributed by atoms with van der Waals surface area (Å²) in [6.07, 6.45) is 0. The molecule has 0 spiro atoms. The van der Waals surface area contributed by atoms with E-state index in [0.29, 0.717) is 18.8 Å². The Labute approximate surface area is 143 Å². The molecule has 10 heteroatoms. The number of benzene rings is 1. The molecule has 1 aliphatic heterocycles. The summed E-state index contributed by atoms with van der Waals surface area (Å²) in [5.41, 5.74) is 1.43. The third-order valence-corrected chi connectivity index (χ3v) is 6.52. The lowest BCUT2D eigenvalue weighted by Gasteiger charge is -2.24. The molecule has 2 aromatic rings. The highest BCUT2D eigenvalue weighted by molar-refractivity contribution is 7.91. The van der Waals surface area contributed by atoms with Gasteiger partial charge in [-0.1, -0.05) is 29.0 Å². The fourth-order valence-corrected chi connectivity index (χ4v) is 4.66. The van der Waals surface area contributed by atoms with E-state index in [1.165, 1.54) is 4.31 Å². The van der Waals surface area contributed by atoms with Crippen LogP contribution in [0.5, 0.6) is 0 Å². The molecule has 1 amide bonds. The first-order chi connectivity index (χ1) is 11.5. The van der Waals surface area contributed by atoms with Gasteiger partial charge in [-0.3, -0.25) is 10.1 Å². The van der Waals surface area contributed by atoms with E-state index < -0.39 is 10.0 Å². The van der Waals surface area contributed by atoms with E-state index in [1.54, 1.807) is 18.2 Å². The molecule has 1 fully saturated rings. The first-order valence-electron chi connectivity index (χ1n) is 7.26. The van der Waals surface area contributed by atoms with Gasteiger partial charge in [0.2, 0.25) is 9.47 Å².